The molecule has 2 aliphatic heterocycles. The Balaban J connectivity index is 1.72. The van der Waals surface area contributed by atoms with Crippen LogP contribution in [0.1, 0.15) is 12.8 Å². The van der Waals surface area contributed by atoms with Crippen molar-refractivity contribution >= 4 is 0 Å². The molecule has 4 nitrogen and oxygen atoms in total. The maximum Gasteiger partial charge on any atom is 0.0235 e. The van der Waals surface area contributed by atoms with E-state index >= 15 is 0 Å². The summed E-state index contributed by atoms with van der Waals surface area (Å²) >= 11 is 0. The minimum Gasteiger partial charge on any atom is -0.315 e. The Morgan fingerprint density at radius 1 is 1.18 bits per heavy atom. The third kappa shape index (κ3) is 4.21. The lowest BCUT2D eigenvalue weighted by molar-refractivity contribution is 0.199. The fourth-order valence-corrected chi connectivity index (χ4v) is 2.89. The van der Waals surface area contributed by atoms with Gasteiger partial charge in [0, 0.05) is 38.8 Å². The second-order valence-corrected chi connectivity index (χ2v) is 5.69. The molecule has 1 N–H and O–H groups in total. The minimum absolute atomic E-state index is 0.817. The average Bonchev–Trinajstić information content (AvgIpc) is 2.60. The quantitative estimate of drug-likeness (QED) is 0.742. The molecule has 0 saturated carbocycles. The SMILES string of the molecule is CN(C)CCN1CCC(N2CCCNCC2)C1. The fourth-order valence-electron chi connectivity index (χ4n) is 2.89. The third-order valence-corrected chi connectivity index (χ3v) is 4.00. The molecule has 1 atom stereocenters. The van der Waals surface area contributed by atoms with Gasteiger partial charge in [-0.3, -0.25) is 4.90 Å². The van der Waals surface area contributed by atoms with Crippen molar-refractivity contribution in [2.75, 3.05) is 66.5 Å². The zero-order valence-corrected chi connectivity index (χ0v) is 11.5. The van der Waals surface area contributed by atoms with Crippen LogP contribution in [0.5, 0.6) is 0 Å². The number of rotatable bonds is 4. The van der Waals surface area contributed by atoms with Gasteiger partial charge in [-0.05, 0) is 46.6 Å². The topological polar surface area (TPSA) is 21.8 Å². The van der Waals surface area contributed by atoms with Crippen LogP contribution in [-0.2, 0) is 0 Å². The molecule has 0 aliphatic carbocycles. The van der Waals surface area contributed by atoms with Crippen LogP contribution in [0.4, 0.5) is 0 Å². The normalized spacial score (nSPS) is 28.8. The first kappa shape index (κ1) is 13.3. The van der Waals surface area contributed by atoms with Gasteiger partial charge in [-0.2, -0.15) is 0 Å². The molecule has 2 aliphatic rings. The Bertz CT molecular complexity index is 211. The van der Waals surface area contributed by atoms with E-state index in [1.54, 1.807) is 0 Å². The molecule has 2 saturated heterocycles. The van der Waals surface area contributed by atoms with Crippen LogP contribution in [-0.4, -0.2) is 87.2 Å². The largest absolute Gasteiger partial charge is 0.315 e. The van der Waals surface area contributed by atoms with Crippen molar-refractivity contribution in [1.82, 2.24) is 20.0 Å². The number of likely N-dealkylation sites (N-methyl/N-ethyl adjacent to an activating group) is 1. The molecule has 0 amide bonds. The molecule has 0 radical (unpaired) electrons. The van der Waals surface area contributed by atoms with Gasteiger partial charge in [0.25, 0.3) is 0 Å². The molecule has 0 bridgehead atoms. The standard InChI is InChI=1S/C13H28N4/c1-15(2)10-11-16-8-4-13(12-16)17-7-3-5-14-6-9-17/h13-14H,3-12H2,1-2H3. The average molecular weight is 240 g/mol. The summed E-state index contributed by atoms with van der Waals surface area (Å²) in [7, 11) is 4.32. The van der Waals surface area contributed by atoms with Crippen molar-refractivity contribution in [3.8, 4) is 0 Å². The molecule has 0 spiro atoms. The van der Waals surface area contributed by atoms with Gasteiger partial charge in [0.05, 0.1) is 0 Å². The van der Waals surface area contributed by atoms with Crippen LogP contribution in [0.15, 0.2) is 0 Å². The first-order chi connectivity index (χ1) is 8.25. The van der Waals surface area contributed by atoms with E-state index in [-0.39, 0.29) is 0 Å². The molecule has 2 rings (SSSR count). The highest BCUT2D eigenvalue weighted by Crippen LogP contribution is 2.16. The van der Waals surface area contributed by atoms with Gasteiger partial charge in [-0.25, -0.2) is 0 Å². The number of likely N-dealkylation sites (tertiary alicyclic amines) is 1. The highest BCUT2D eigenvalue weighted by Gasteiger charge is 2.27. The summed E-state index contributed by atoms with van der Waals surface area (Å²) < 4.78 is 0. The van der Waals surface area contributed by atoms with Crippen LogP contribution in [0.2, 0.25) is 0 Å². The summed E-state index contributed by atoms with van der Waals surface area (Å²) in [5, 5.41) is 3.49. The maximum absolute atomic E-state index is 3.49. The molecule has 17 heavy (non-hydrogen) atoms. The van der Waals surface area contributed by atoms with Crippen LogP contribution < -0.4 is 5.32 Å². The summed E-state index contributed by atoms with van der Waals surface area (Å²) in [5.74, 6) is 0. The minimum atomic E-state index is 0.817. The molecular formula is C13H28N4. The predicted molar refractivity (Wildman–Crippen MR) is 72.5 cm³/mol. The maximum atomic E-state index is 3.49. The molecule has 2 fully saturated rings. The van der Waals surface area contributed by atoms with Crippen molar-refractivity contribution in [3.05, 3.63) is 0 Å². The molecule has 2 heterocycles. The molecule has 0 aromatic rings. The summed E-state index contributed by atoms with van der Waals surface area (Å²) in [6.45, 7) is 9.91. The number of nitrogens with one attached hydrogen (secondary N) is 1. The zero-order valence-electron chi connectivity index (χ0n) is 11.5. The van der Waals surface area contributed by atoms with E-state index < -0.39 is 0 Å². The van der Waals surface area contributed by atoms with E-state index in [4.69, 9.17) is 0 Å². The summed E-state index contributed by atoms with van der Waals surface area (Å²) in [6.07, 6.45) is 2.68. The lowest BCUT2D eigenvalue weighted by Crippen LogP contribution is -2.40. The second kappa shape index (κ2) is 6.69. The highest BCUT2D eigenvalue weighted by atomic mass is 15.3. The highest BCUT2D eigenvalue weighted by molar-refractivity contribution is 4.84. The monoisotopic (exact) mass is 240 g/mol. The smallest absolute Gasteiger partial charge is 0.0235 e. The first-order valence-electron chi connectivity index (χ1n) is 7.07. The van der Waals surface area contributed by atoms with Crippen LogP contribution in [0.3, 0.4) is 0 Å². The molecule has 1 unspecified atom stereocenters. The van der Waals surface area contributed by atoms with Gasteiger partial charge < -0.3 is 15.1 Å². The predicted octanol–water partition coefficient (Wildman–Crippen LogP) is -0.0824. The third-order valence-electron chi connectivity index (χ3n) is 4.00. The Labute approximate surface area is 106 Å². The lowest BCUT2D eigenvalue weighted by Gasteiger charge is -2.27. The number of nitrogens with zero attached hydrogens (tertiary/aromatic N) is 3. The summed E-state index contributed by atoms with van der Waals surface area (Å²) in [4.78, 5) is 7.61. The van der Waals surface area contributed by atoms with Gasteiger partial charge in [0.2, 0.25) is 0 Å². The van der Waals surface area contributed by atoms with Crippen molar-refractivity contribution in [2.45, 2.75) is 18.9 Å². The van der Waals surface area contributed by atoms with Gasteiger partial charge >= 0.3 is 0 Å². The van der Waals surface area contributed by atoms with Crippen LogP contribution in [0.25, 0.3) is 0 Å². The Kier molecular flexibility index (Phi) is 5.22. The van der Waals surface area contributed by atoms with Crippen LogP contribution >= 0.6 is 0 Å². The number of hydrogen-bond donors (Lipinski definition) is 1. The Morgan fingerprint density at radius 2 is 2.06 bits per heavy atom. The Morgan fingerprint density at radius 3 is 2.88 bits per heavy atom. The van der Waals surface area contributed by atoms with E-state index in [1.807, 2.05) is 0 Å². The van der Waals surface area contributed by atoms with Gasteiger partial charge in [0.15, 0.2) is 0 Å². The molecule has 4 heteroatoms. The summed E-state index contributed by atoms with van der Waals surface area (Å²) in [6, 6.07) is 0.817. The van der Waals surface area contributed by atoms with Crippen LogP contribution in [0, 0.1) is 0 Å². The molecular weight excluding hydrogens is 212 g/mol. The summed E-state index contributed by atoms with van der Waals surface area (Å²) in [5.41, 5.74) is 0. The van der Waals surface area contributed by atoms with Gasteiger partial charge in [-0.15, -0.1) is 0 Å². The van der Waals surface area contributed by atoms with Gasteiger partial charge in [-0.1, -0.05) is 0 Å². The molecule has 100 valence electrons. The molecule has 0 aromatic carbocycles. The first-order valence-corrected chi connectivity index (χ1v) is 7.07. The molecule has 0 aromatic heterocycles. The van der Waals surface area contributed by atoms with E-state index in [9.17, 15) is 0 Å². The van der Waals surface area contributed by atoms with Crippen molar-refractivity contribution < 1.29 is 0 Å². The van der Waals surface area contributed by atoms with E-state index in [1.165, 1.54) is 65.2 Å². The zero-order chi connectivity index (χ0) is 12.1. The van der Waals surface area contributed by atoms with Crippen molar-refractivity contribution in [2.24, 2.45) is 0 Å². The van der Waals surface area contributed by atoms with E-state index in [2.05, 4.69) is 34.1 Å². The second-order valence-electron chi connectivity index (χ2n) is 5.69. The lowest BCUT2D eigenvalue weighted by atomic mass is 10.2. The number of hydrogen-bond acceptors (Lipinski definition) is 4. The van der Waals surface area contributed by atoms with E-state index in [0.29, 0.717) is 0 Å². The van der Waals surface area contributed by atoms with Gasteiger partial charge in [0.1, 0.15) is 0 Å². The van der Waals surface area contributed by atoms with Crippen molar-refractivity contribution in [3.63, 3.8) is 0 Å². The fraction of sp³-hybridized carbons (Fsp3) is 1.00. The Hall–Kier alpha value is -0.160. The van der Waals surface area contributed by atoms with Crippen molar-refractivity contribution in [1.29, 1.82) is 0 Å². The van der Waals surface area contributed by atoms with E-state index in [0.717, 1.165) is 6.04 Å².